The minimum Gasteiger partial charge on any atom is -0.0622 e. The van der Waals surface area contributed by atoms with Gasteiger partial charge >= 0.3 is 0 Å². The lowest BCUT2D eigenvalue weighted by Crippen LogP contribution is -2.25. The highest BCUT2D eigenvalue weighted by atomic mass is 79.9. The van der Waals surface area contributed by atoms with E-state index in [1.165, 1.54) is 55.6 Å². The maximum absolute atomic E-state index is 3.77. The van der Waals surface area contributed by atoms with Gasteiger partial charge in [0.15, 0.2) is 0 Å². The molecule has 32 heavy (non-hydrogen) atoms. The van der Waals surface area contributed by atoms with Crippen molar-refractivity contribution in [3.63, 3.8) is 0 Å². The molecule has 0 saturated heterocycles. The van der Waals surface area contributed by atoms with E-state index >= 15 is 0 Å². The zero-order chi connectivity index (χ0) is 21.3. The Morgan fingerprint density at radius 1 is 0.438 bits per heavy atom. The monoisotopic (exact) mass is 470 g/mol. The predicted molar refractivity (Wildman–Crippen MR) is 136 cm³/mol. The van der Waals surface area contributed by atoms with E-state index in [0.29, 0.717) is 0 Å². The van der Waals surface area contributed by atoms with Gasteiger partial charge in [-0.15, -0.1) is 0 Å². The quantitative estimate of drug-likeness (QED) is 0.225. The zero-order valence-corrected chi connectivity index (χ0v) is 18.9. The number of halogens is 1. The van der Waals surface area contributed by atoms with E-state index < -0.39 is 0 Å². The fourth-order valence-corrected chi connectivity index (χ4v) is 6.38. The van der Waals surface area contributed by atoms with Crippen LogP contribution in [-0.2, 0) is 5.41 Å². The molecule has 7 rings (SSSR count). The minimum absolute atomic E-state index is 0.299. The molecule has 0 saturated carbocycles. The van der Waals surface area contributed by atoms with Crippen LogP contribution in [0.1, 0.15) is 22.3 Å². The molecule has 0 nitrogen and oxygen atoms in total. The van der Waals surface area contributed by atoms with Gasteiger partial charge in [0, 0.05) is 4.47 Å². The first-order valence-electron chi connectivity index (χ1n) is 11.0. The van der Waals surface area contributed by atoms with Crippen molar-refractivity contribution in [3.8, 4) is 33.4 Å². The van der Waals surface area contributed by atoms with E-state index in [-0.39, 0.29) is 5.41 Å². The molecule has 1 atom stereocenters. The zero-order valence-electron chi connectivity index (χ0n) is 17.3. The van der Waals surface area contributed by atoms with Crippen LogP contribution in [0, 0.1) is 0 Å². The van der Waals surface area contributed by atoms with Crippen molar-refractivity contribution in [2.45, 2.75) is 5.41 Å². The molecule has 0 amide bonds. The molecule has 0 fully saturated rings. The van der Waals surface area contributed by atoms with E-state index in [2.05, 4.69) is 131 Å². The molecule has 150 valence electrons. The second-order valence-electron chi connectivity index (χ2n) is 8.63. The second-order valence-corrected chi connectivity index (χ2v) is 9.54. The lowest BCUT2D eigenvalue weighted by Gasteiger charge is -2.30. The van der Waals surface area contributed by atoms with Crippen molar-refractivity contribution < 1.29 is 0 Å². The summed E-state index contributed by atoms with van der Waals surface area (Å²) in [6.45, 7) is 0. The predicted octanol–water partition coefficient (Wildman–Crippen LogP) is 8.46. The van der Waals surface area contributed by atoms with Crippen LogP contribution < -0.4 is 0 Å². The summed E-state index contributed by atoms with van der Waals surface area (Å²) in [6.07, 6.45) is 0. The first-order chi connectivity index (χ1) is 15.8. The van der Waals surface area contributed by atoms with Gasteiger partial charge in [-0.05, 0) is 67.8 Å². The van der Waals surface area contributed by atoms with Crippen molar-refractivity contribution in [1.82, 2.24) is 0 Å². The number of fused-ring (bicyclic) bond motifs is 10. The number of benzene rings is 5. The first-order valence-corrected chi connectivity index (χ1v) is 11.8. The highest BCUT2D eigenvalue weighted by Crippen LogP contribution is 2.64. The molecule has 5 aromatic rings. The van der Waals surface area contributed by atoms with Gasteiger partial charge in [-0.2, -0.15) is 0 Å². The number of hydrogen-bond acceptors (Lipinski definition) is 0. The standard InChI is InChI=1S/C31H19Br/c32-21-17-18-24-23-11-4-6-14-26(23)31(29(24)19-21)27-15-7-5-12-25(27)30-22(13-8-16-28(30)31)20-9-2-1-3-10-20/h1-19H. The largest absolute Gasteiger partial charge is 0.0726 e. The van der Waals surface area contributed by atoms with Crippen molar-refractivity contribution in [3.05, 3.63) is 142 Å². The van der Waals surface area contributed by atoms with Crippen molar-refractivity contribution in [1.29, 1.82) is 0 Å². The van der Waals surface area contributed by atoms with Gasteiger partial charge in [-0.1, -0.05) is 119 Å². The van der Waals surface area contributed by atoms with Crippen LogP contribution in [0.5, 0.6) is 0 Å². The molecule has 0 N–H and O–H groups in total. The van der Waals surface area contributed by atoms with Crippen LogP contribution in [0.4, 0.5) is 0 Å². The average molecular weight is 471 g/mol. The highest BCUT2D eigenvalue weighted by Gasteiger charge is 2.52. The van der Waals surface area contributed by atoms with Gasteiger partial charge in [0.2, 0.25) is 0 Å². The third kappa shape index (κ3) is 2.17. The fraction of sp³-hybridized carbons (Fsp3) is 0.0323. The molecule has 0 aromatic heterocycles. The summed E-state index contributed by atoms with van der Waals surface area (Å²) in [5, 5.41) is 0. The minimum atomic E-state index is -0.299. The van der Waals surface area contributed by atoms with Crippen LogP contribution >= 0.6 is 15.9 Å². The summed E-state index contributed by atoms with van der Waals surface area (Å²) in [4.78, 5) is 0. The van der Waals surface area contributed by atoms with E-state index in [1.807, 2.05) is 0 Å². The SMILES string of the molecule is Brc1ccc2c(c1)C1(c3ccccc3-2)c2ccccc2-c2c(-c3ccccc3)cccc21. The normalized spacial score (nSPS) is 17.0. The van der Waals surface area contributed by atoms with E-state index in [4.69, 9.17) is 0 Å². The second kappa shape index (κ2) is 6.54. The molecular formula is C31H19Br. The summed E-state index contributed by atoms with van der Waals surface area (Å²) in [5.74, 6) is 0. The van der Waals surface area contributed by atoms with Crippen molar-refractivity contribution >= 4 is 15.9 Å². The van der Waals surface area contributed by atoms with Crippen LogP contribution in [0.2, 0.25) is 0 Å². The Morgan fingerprint density at radius 3 is 1.84 bits per heavy atom. The topological polar surface area (TPSA) is 0 Å². The molecule has 0 heterocycles. The number of hydrogen-bond donors (Lipinski definition) is 0. The molecular weight excluding hydrogens is 452 g/mol. The Labute approximate surface area is 196 Å². The lowest BCUT2D eigenvalue weighted by atomic mass is 9.70. The maximum atomic E-state index is 3.77. The highest BCUT2D eigenvalue weighted by molar-refractivity contribution is 9.10. The van der Waals surface area contributed by atoms with Crippen molar-refractivity contribution in [2.24, 2.45) is 0 Å². The molecule has 2 aliphatic carbocycles. The van der Waals surface area contributed by atoms with Gasteiger partial charge in [0.1, 0.15) is 0 Å². The van der Waals surface area contributed by atoms with Gasteiger partial charge in [-0.3, -0.25) is 0 Å². The van der Waals surface area contributed by atoms with Gasteiger partial charge in [0.25, 0.3) is 0 Å². The van der Waals surface area contributed by atoms with Crippen LogP contribution in [0.25, 0.3) is 33.4 Å². The molecule has 1 heteroatoms. The molecule has 0 bridgehead atoms. The molecule has 0 aliphatic heterocycles. The Balaban J connectivity index is 1.69. The van der Waals surface area contributed by atoms with E-state index in [0.717, 1.165) is 4.47 Å². The van der Waals surface area contributed by atoms with Gasteiger partial charge in [0.05, 0.1) is 5.41 Å². The summed E-state index contributed by atoms with van der Waals surface area (Å²) in [5.41, 5.74) is 13.1. The molecule has 2 aliphatic rings. The van der Waals surface area contributed by atoms with E-state index in [1.54, 1.807) is 0 Å². The van der Waals surface area contributed by atoms with E-state index in [9.17, 15) is 0 Å². The molecule has 0 radical (unpaired) electrons. The summed E-state index contributed by atoms with van der Waals surface area (Å²) in [6, 6.07) is 42.3. The first kappa shape index (κ1) is 18.2. The van der Waals surface area contributed by atoms with Crippen molar-refractivity contribution in [2.75, 3.05) is 0 Å². The maximum Gasteiger partial charge on any atom is 0.0726 e. The summed E-state index contributed by atoms with van der Waals surface area (Å²) >= 11 is 3.77. The summed E-state index contributed by atoms with van der Waals surface area (Å²) < 4.78 is 1.12. The van der Waals surface area contributed by atoms with Crippen LogP contribution in [-0.4, -0.2) is 0 Å². The average Bonchev–Trinajstić information content (AvgIpc) is 3.31. The Bertz CT molecular complexity index is 1530. The molecule has 5 aromatic carbocycles. The lowest BCUT2D eigenvalue weighted by molar-refractivity contribution is 0.793. The fourth-order valence-electron chi connectivity index (χ4n) is 6.02. The third-order valence-corrected chi connectivity index (χ3v) is 7.65. The third-order valence-electron chi connectivity index (χ3n) is 7.16. The Morgan fingerprint density at radius 2 is 1.03 bits per heavy atom. The Kier molecular flexibility index (Phi) is 3.72. The Hall–Kier alpha value is -3.42. The van der Waals surface area contributed by atoms with Crippen LogP contribution in [0.3, 0.4) is 0 Å². The molecule has 1 unspecified atom stereocenters. The number of rotatable bonds is 1. The van der Waals surface area contributed by atoms with Crippen LogP contribution in [0.15, 0.2) is 120 Å². The smallest absolute Gasteiger partial charge is 0.0622 e. The van der Waals surface area contributed by atoms with Gasteiger partial charge in [-0.25, -0.2) is 0 Å². The summed E-state index contributed by atoms with van der Waals surface area (Å²) in [7, 11) is 0. The molecule has 1 spiro atoms. The van der Waals surface area contributed by atoms with Gasteiger partial charge < -0.3 is 0 Å².